The number of hydrogen-bond acceptors (Lipinski definition) is 3. The van der Waals surface area contributed by atoms with E-state index < -0.39 is 0 Å². The summed E-state index contributed by atoms with van der Waals surface area (Å²) in [5, 5.41) is 1.98. The van der Waals surface area contributed by atoms with Gasteiger partial charge in [-0.15, -0.1) is 11.3 Å². The number of imidazole rings is 1. The number of rotatable bonds is 2. The molecule has 0 atom stereocenters. The maximum absolute atomic E-state index is 5.81. The standard InChI is InChI=1S/C8H8ClN3S/c9-7-1-5(4-13-7)6-3-11-8(2-10)12-6/h1,3-4H,2,10H2,(H,11,12). The summed E-state index contributed by atoms with van der Waals surface area (Å²) < 4.78 is 0.777. The Morgan fingerprint density at radius 1 is 1.62 bits per heavy atom. The molecule has 0 amide bonds. The van der Waals surface area contributed by atoms with Crippen LogP contribution in [0.15, 0.2) is 17.6 Å². The lowest BCUT2D eigenvalue weighted by Crippen LogP contribution is -1.97. The molecule has 3 nitrogen and oxygen atoms in total. The molecule has 0 unspecified atom stereocenters. The van der Waals surface area contributed by atoms with Gasteiger partial charge in [-0.25, -0.2) is 4.98 Å². The highest BCUT2D eigenvalue weighted by Gasteiger charge is 2.03. The highest BCUT2D eigenvalue weighted by molar-refractivity contribution is 7.14. The number of nitrogens with two attached hydrogens (primary N) is 1. The zero-order valence-electron chi connectivity index (χ0n) is 6.75. The second-order valence-corrected chi connectivity index (χ2v) is 4.13. The minimum atomic E-state index is 0.428. The van der Waals surface area contributed by atoms with Gasteiger partial charge in [0.05, 0.1) is 22.8 Å². The van der Waals surface area contributed by atoms with Gasteiger partial charge in [-0.1, -0.05) is 11.6 Å². The van der Waals surface area contributed by atoms with Crippen molar-refractivity contribution in [1.82, 2.24) is 9.97 Å². The molecule has 2 aromatic rings. The third-order valence-corrected chi connectivity index (χ3v) is 2.79. The largest absolute Gasteiger partial charge is 0.341 e. The summed E-state index contributed by atoms with van der Waals surface area (Å²) in [5.41, 5.74) is 7.45. The van der Waals surface area contributed by atoms with E-state index in [0.29, 0.717) is 6.54 Å². The number of thiophene rings is 1. The monoisotopic (exact) mass is 213 g/mol. The highest BCUT2D eigenvalue weighted by Crippen LogP contribution is 2.27. The third-order valence-electron chi connectivity index (χ3n) is 1.70. The van der Waals surface area contributed by atoms with Gasteiger partial charge in [0.2, 0.25) is 0 Å². The van der Waals surface area contributed by atoms with E-state index in [-0.39, 0.29) is 0 Å². The van der Waals surface area contributed by atoms with Gasteiger partial charge in [0.25, 0.3) is 0 Å². The first kappa shape index (κ1) is 8.74. The summed E-state index contributed by atoms with van der Waals surface area (Å²) in [6.45, 7) is 0.428. The fourth-order valence-corrected chi connectivity index (χ4v) is 1.94. The molecule has 2 aromatic heterocycles. The average molecular weight is 214 g/mol. The summed E-state index contributed by atoms with van der Waals surface area (Å²) in [5.74, 6) is 0.789. The van der Waals surface area contributed by atoms with Crippen LogP contribution >= 0.6 is 22.9 Å². The second-order valence-electron chi connectivity index (χ2n) is 2.59. The van der Waals surface area contributed by atoms with Crippen LogP contribution in [-0.4, -0.2) is 9.97 Å². The Balaban J connectivity index is 2.35. The molecule has 0 radical (unpaired) electrons. The van der Waals surface area contributed by atoms with Crippen LogP contribution in [0.3, 0.4) is 0 Å². The van der Waals surface area contributed by atoms with Crippen molar-refractivity contribution in [2.45, 2.75) is 6.54 Å². The lowest BCUT2D eigenvalue weighted by Gasteiger charge is -1.89. The van der Waals surface area contributed by atoms with Gasteiger partial charge in [-0.2, -0.15) is 0 Å². The maximum atomic E-state index is 5.81. The van der Waals surface area contributed by atoms with E-state index >= 15 is 0 Å². The number of aromatic nitrogens is 2. The molecule has 5 heteroatoms. The Hall–Kier alpha value is -0.840. The first-order chi connectivity index (χ1) is 6.29. The number of halogens is 1. The Bertz CT molecular complexity index is 407. The van der Waals surface area contributed by atoms with Gasteiger partial charge in [0.15, 0.2) is 0 Å². The maximum Gasteiger partial charge on any atom is 0.120 e. The molecule has 68 valence electrons. The summed E-state index contributed by atoms with van der Waals surface area (Å²) in [6, 6.07) is 1.90. The van der Waals surface area contributed by atoms with Crippen LogP contribution in [0, 0.1) is 0 Å². The van der Waals surface area contributed by atoms with Crippen LogP contribution in [0.5, 0.6) is 0 Å². The summed E-state index contributed by atoms with van der Waals surface area (Å²) in [7, 11) is 0. The molecule has 0 aliphatic heterocycles. The molecule has 0 saturated carbocycles. The Labute approximate surface area is 84.6 Å². The van der Waals surface area contributed by atoms with E-state index in [4.69, 9.17) is 17.3 Å². The molecule has 2 rings (SSSR count). The lowest BCUT2D eigenvalue weighted by atomic mass is 10.3. The second kappa shape index (κ2) is 3.49. The van der Waals surface area contributed by atoms with Crippen molar-refractivity contribution in [2.75, 3.05) is 0 Å². The van der Waals surface area contributed by atoms with E-state index in [9.17, 15) is 0 Å². The zero-order chi connectivity index (χ0) is 9.26. The first-order valence-corrected chi connectivity index (χ1v) is 5.03. The van der Waals surface area contributed by atoms with Crippen LogP contribution in [0.25, 0.3) is 11.3 Å². The fourth-order valence-electron chi connectivity index (χ4n) is 1.06. The predicted octanol–water partition coefficient (Wildman–Crippen LogP) is 2.25. The van der Waals surface area contributed by atoms with Crippen molar-refractivity contribution in [1.29, 1.82) is 0 Å². The summed E-state index contributed by atoms with van der Waals surface area (Å²) in [4.78, 5) is 7.21. The molecule has 0 saturated heterocycles. The molecular weight excluding hydrogens is 206 g/mol. The molecule has 0 aliphatic rings. The molecule has 0 aliphatic carbocycles. The first-order valence-electron chi connectivity index (χ1n) is 3.78. The molecule has 0 aromatic carbocycles. The van der Waals surface area contributed by atoms with Crippen LogP contribution in [0.1, 0.15) is 5.82 Å². The smallest absolute Gasteiger partial charge is 0.120 e. The van der Waals surface area contributed by atoms with Gasteiger partial charge in [-0.3, -0.25) is 0 Å². The SMILES string of the molecule is NCc1ncc(-c2csc(Cl)c2)[nH]1. The molecule has 0 fully saturated rings. The minimum absolute atomic E-state index is 0.428. The van der Waals surface area contributed by atoms with Gasteiger partial charge >= 0.3 is 0 Å². The van der Waals surface area contributed by atoms with E-state index in [0.717, 1.165) is 21.4 Å². The summed E-state index contributed by atoms with van der Waals surface area (Å²) in [6.07, 6.45) is 1.76. The highest BCUT2D eigenvalue weighted by atomic mass is 35.5. The number of aromatic amines is 1. The number of nitrogens with zero attached hydrogens (tertiary/aromatic N) is 1. The topological polar surface area (TPSA) is 54.7 Å². The molecule has 13 heavy (non-hydrogen) atoms. The molecular formula is C8H8ClN3S. The minimum Gasteiger partial charge on any atom is -0.341 e. The van der Waals surface area contributed by atoms with Crippen molar-refractivity contribution < 1.29 is 0 Å². The Morgan fingerprint density at radius 3 is 3.00 bits per heavy atom. The normalized spacial score (nSPS) is 10.6. The van der Waals surface area contributed by atoms with E-state index in [1.54, 1.807) is 6.20 Å². The van der Waals surface area contributed by atoms with Gasteiger partial charge in [0, 0.05) is 10.9 Å². The summed E-state index contributed by atoms with van der Waals surface area (Å²) >= 11 is 7.31. The van der Waals surface area contributed by atoms with E-state index in [2.05, 4.69) is 9.97 Å². The van der Waals surface area contributed by atoms with E-state index in [1.807, 2.05) is 11.4 Å². The van der Waals surface area contributed by atoms with Crippen LogP contribution < -0.4 is 5.73 Å². The number of nitrogens with one attached hydrogen (secondary N) is 1. The van der Waals surface area contributed by atoms with Crippen LogP contribution in [0.4, 0.5) is 0 Å². The van der Waals surface area contributed by atoms with Gasteiger partial charge in [0.1, 0.15) is 5.82 Å². The van der Waals surface area contributed by atoms with Crippen molar-refractivity contribution in [2.24, 2.45) is 5.73 Å². The van der Waals surface area contributed by atoms with Crippen LogP contribution in [-0.2, 0) is 6.54 Å². The molecule has 2 heterocycles. The predicted molar refractivity (Wildman–Crippen MR) is 54.8 cm³/mol. The number of H-pyrrole nitrogens is 1. The Kier molecular flexibility index (Phi) is 2.35. The molecule has 0 spiro atoms. The molecule has 0 bridgehead atoms. The Morgan fingerprint density at radius 2 is 2.46 bits per heavy atom. The fraction of sp³-hybridized carbons (Fsp3) is 0.125. The van der Waals surface area contributed by atoms with E-state index in [1.165, 1.54) is 11.3 Å². The van der Waals surface area contributed by atoms with Crippen molar-refractivity contribution in [3.8, 4) is 11.3 Å². The quantitative estimate of drug-likeness (QED) is 0.804. The van der Waals surface area contributed by atoms with Crippen molar-refractivity contribution in [3.63, 3.8) is 0 Å². The average Bonchev–Trinajstić information content (AvgIpc) is 2.71. The van der Waals surface area contributed by atoms with Crippen LogP contribution in [0.2, 0.25) is 4.34 Å². The third kappa shape index (κ3) is 1.75. The van der Waals surface area contributed by atoms with Gasteiger partial charge < -0.3 is 10.7 Å². The molecule has 3 N–H and O–H groups in total. The lowest BCUT2D eigenvalue weighted by molar-refractivity contribution is 0.951. The van der Waals surface area contributed by atoms with Crippen molar-refractivity contribution >= 4 is 22.9 Å². The zero-order valence-corrected chi connectivity index (χ0v) is 8.32. The van der Waals surface area contributed by atoms with Gasteiger partial charge in [-0.05, 0) is 6.07 Å². The number of hydrogen-bond donors (Lipinski definition) is 2. The van der Waals surface area contributed by atoms with Crippen molar-refractivity contribution in [3.05, 3.63) is 27.8 Å².